The molecule has 0 spiro atoms. The van der Waals surface area contributed by atoms with Gasteiger partial charge in [-0.25, -0.2) is 22.2 Å². The predicted molar refractivity (Wildman–Crippen MR) is 93.9 cm³/mol. The van der Waals surface area contributed by atoms with Crippen LogP contribution in [0.2, 0.25) is 0 Å². The van der Waals surface area contributed by atoms with E-state index in [4.69, 9.17) is 0 Å². The second-order valence-electron chi connectivity index (χ2n) is 5.94. The molecule has 1 aromatic heterocycles. The van der Waals surface area contributed by atoms with Crippen LogP contribution in [0.3, 0.4) is 0 Å². The second kappa shape index (κ2) is 6.99. The molecule has 0 amide bonds. The van der Waals surface area contributed by atoms with Gasteiger partial charge in [-0.1, -0.05) is 13.0 Å². The Morgan fingerprint density at radius 1 is 1.35 bits per heavy atom. The molecule has 6 nitrogen and oxygen atoms in total. The highest BCUT2D eigenvalue weighted by molar-refractivity contribution is 7.92. The van der Waals surface area contributed by atoms with Crippen LogP contribution in [0.15, 0.2) is 30.5 Å². The first-order chi connectivity index (χ1) is 12.3. The molecule has 0 saturated carbocycles. The average Bonchev–Trinajstić information content (AvgIpc) is 3.01. The topological polar surface area (TPSA) is 88.2 Å². The number of nitrogens with zero attached hydrogens (tertiary/aromatic N) is 1. The third-order valence-corrected chi connectivity index (χ3v) is 5.56. The molecule has 0 radical (unpaired) electrons. The lowest BCUT2D eigenvalue weighted by molar-refractivity contribution is 0.0958. The maximum atomic E-state index is 14.8. The number of sulfonamides is 1. The van der Waals surface area contributed by atoms with Gasteiger partial charge in [-0.3, -0.25) is 9.52 Å². The maximum Gasteiger partial charge on any atom is 0.232 e. The number of ketones is 1. The minimum atomic E-state index is -3.78. The number of Topliss-reactive ketones (excluding diaryl/α,β-unsaturated/α-hetero) is 1. The summed E-state index contributed by atoms with van der Waals surface area (Å²) in [7, 11) is -3.78. The minimum absolute atomic E-state index is 0.163. The standard InChI is InChI=1S/C17H17F2N3O3S/c1-2-8-26(24,25)22-13-6-5-12(18)14(15(13)19)16(23)11-9-21-17-10(11)4-3-7-20-17/h3-7,11,22H,2,8-9H2,1H3,(H,20,21). The molecule has 2 N–H and O–H groups in total. The van der Waals surface area contributed by atoms with Crippen molar-refractivity contribution in [2.75, 3.05) is 22.3 Å². The fourth-order valence-corrected chi connectivity index (χ4v) is 4.04. The SMILES string of the molecule is CCCS(=O)(=O)Nc1ccc(F)c(C(=O)C2CNc3ncccc32)c1F. The summed E-state index contributed by atoms with van der Waals surface area (Å²) in [5, 5.41) is 2.92. The first-order valence-corrected chi connectivity index (χ1v) is 9.70. The molecule has 1 aliphatic rings. The Labute approximate surface area is 149 Å². The lowest BCUT2D eigenvalue weighted by Crippen LogP contribution is -2.21. The van der Waals surface area contributed by atoms with Crippen molar-refractivity contribution in [3.05, 3.63) is 53.2 Å². The van der Waals surface area contributed by atoms with E-state index in [2.05, 4.69) is 15.0 Å². The molecule has 1 aliphatic heterocycles. The molecule has 3 rings (SSSR count). The zero-order valence-corrected chi connectivity index (χ0v) is 14.7. The van der Waals surface area contributed by atoms with Gasteiger partial charge in [0.1, 0.15) is 11.6 Å². The first kappa shape index (κ1) is 18.2. The number of benzene rings is 1. The fourth-order valence-electron chi connectivity index (χ4n) is 2.91. The highest BCUT2D eigenvalue weighted by atomic mass is 32.2. The van der Waals surface area contributed by atoms with Gasteiger partial charge >= 0.3 is 0 Å². The van der Waals surface area contributed by atoms with Crippen molar-refractivity contribution in [2.24, 2.45) is 0 Å². The lowest BCUT2D eigenvalue weighted by atomic mass is 9.92. The monoisotopic (exact) mass is 381 g/mol. The number of hydrogen-bond donors (Lipinski definition) is 2. The van der Waals surface area contributed by atoms with Crippen LogP contribution in [-0.4, -0.2) is 31.5 Å². The van der Waals surface area contributed by atoms with Crippen LogP contribution >= 0.6 is 0 Å². The zero-order chi connectivity index (χ0) is 18.9. The number of fused-ring (bicyclic) bond motifs is 1. The van der Waals surface area contributed by atoms with E-state index in [1.165, 1.54) is 0 Å². The molecule has 1 atom stereocenters. The molecule has 0 fully saturated rings. The molecule has 0 bridgehead atoms. The molecule has 2 aromatic rings. The van der Waals surface area contributed by atoms with E-state index in [-0.39, 0.29) is 12.3 Å². The molecular formula is C17H17F2N3O3S. The largest absolute Gasteiger partial charge is 0.369 e. The van der Waals surface area contributed by atoms with Crippen molar-refractivity contribution in [1.82, 2.24) is 4.98 Å². The minimum Gasteiger partial charge on any atom is -0.369 e. The van der Waals surface area contributed by atoms with E-state index in [1.807, 2.05) is 0 Å². The number of hydrogen-bond acceptors (Lipinski definition) is 5. The second-order valence-corrected chi connectivity index (χ2v) is 7.79. The summed E-state index contributed by atoms with van der Waals surface area (Å²) < 4.78 is 54.8. The van der Waals surface area contributed by atoms with Crippen molar-refractivity contribution in [1.29, 1.82) is 0 Å². The normalized spacial score (nSPS) is 16.0. The number of halogens is 2. The number of carbonyl (C=O) groups is 1. The third kappa shape index (κ3) is 3.39. The van der Waals surface area contributed by atoms with E-state index in [0.717, 1.165) is 12.1 Å². The summed E-state index contributed by atoms with van der Waals surface area (Å²) in [5.41, 5.74) is -0.654. The molecule has 2 heterocycles. The Kier molecular flexibility index (Phi) is 4.90. The first-order valence-electron chi connectivity index (χ1n) is 8.05. The van der Waals surface area contributed by atoms with Crippen LogP contribution < -0.4 is 10.0 Å². The van der Waals surface area contributed by atoms with Crippen molar-refractivity contribution in [3.63, 3.8) is 0 Å². The van der Waals surface area contributed by atoms with Crippen molar-refractivity contribution in [2.45, 2.75) is 19.3 Å². The summed E-state index contributed by atoms with van der Waals surface area (Å²) in [6.45, 7) is 1.82. The highest BCUT2D eigenvalue weighted by Crippen LogP contribution is 2.34. The number of nitrogens with one attached hydrogen (secondary N) is 2. The van der Waals surface area contributed by atoms with E-state index >= 15 is 0 Å². The molecule has 9 heteroatoms. The Balaban J connectivity index is 1.98. The van der Waals surface area contributed by atoms with Crippen LogP contribution in [0.1, 0.15) is 35.2 Å². The van der Waals surface area contributed by atoms with Gasteiger partial charge in [-0.05, 0) is 24.6 Å². The highest BCUT2D eigenvalue weighted by Gasteiger charge is 2.34. The lowest BCUT2D eigenvalue weighted by Gasteiger charge is -2.14. The van der Waals surface area contributed by atoms with E-state index in [9.17, 15) is 22.0 Å². The summed E-state index contributed by atoms with van der Waals surface area (Å²) in [4.78, 5) is 16.8. The van der Waals surface area contributed by atoms with Crippen molar-refractivity contribution < 1.29 is 22.0 Å². The van der Waals surface area contributed by atoms with Gasteiger partial charge in [0.15, 0.2) is 11.6 Å². The summed E-state index contributed by atoms with van der Waals surface area (Å²) in [5.74, 6) is -3.54. The molecule has 138 valence electrons. The van der Waals surface area contributed by atoms with E-state index in [1.54, 1.807) is 25.3 Å². The third-order valence-electron chi connectivity index (χ3n) is 4.08. The maximum absolute atomic E-state index is 14.8. The molecule has 1 unspecified atom stereocenters. The van der Waals surface area contributed by atoms with Crippen LogP contribution in [0, 0.1) is 11.6 Å². The van der Waals surface area contributed by atoms with Crippen LogP contribution in [0.4, 0.5) is 20.3 Å². The van der Waals surface area contributed by atoms with Crippen LogP contribution in [0.25, 0.3) is 0 Å². The van der Waals surface area contributed by atoms with Crippen molar-refractivity contribution in [3.8, 4) is 0 Å². The summed E-state index contributed by atoms with van der Waals surface area (Å²) >= 11 is 0. The molecular weight excluding hydrogens is 364 g/mol. The zero-order valence-electron chi connectivity index (χ0n) is 13.9. The smallest absolute Gasteiger partial charge is 0.232 e. The number of carbonyl (C=O) groups excluding carboxylic acids is 1. The Morgan fingerprint density at radius 2 is 2.12 bits per heavy atom. The Hall–Kier alpha value is -2.55. The van der Waals surface area contributed by atoms with Crippen molar-refractivity contribution >= 4 is 27.3 Å². The van der Waals surface area contributed by atoms with Gasteiger partial charge in [0.2, 0.25) is 10.0 Å². The molecule has 0 saturated heterocycles. The van der Waals surface area contributed by atoms with Gasteiger partial charge in [0.05, 0.1) is 22.9 Å². The fraction of sp³-hybridized carbons (Fsp3) is 0.294. The predicted octanol–water partition coefficient (Wildman–Crippen LogP) is 2.90. The Bertz CT molecular complexity index is 964. The number of anilines is 2. The van der Waals surface area contributed by atoms with E-state index < -0.39 is 44.6 Å². The quantitative estimate of drug-likeness (QED) is 0.751. The van der Waals surface area contributed by atoms with E-state index in [0.29, 0.717) is 17.8 Å². The number of aromatic nitrogens is 1. The van der Waals surface area contributed by atoms with Crippen LogP contribution in [0.5, 0.6) is 0 Å². The van der Waals surface area contributed by atoms with Gasteiger partial charge in [-0.15, -0.1) is 0 Å². The van der Waals surface area contributed by atoms with Crippen LogP contribution in [-0.2, 0) is 10.0 Å². The molecule has 0 aliphatic carbocycles. The number of pyridine rings is 1. The average molecular weight is 381 g/mol. The molecule has 26 heavy (non-hydrogen) atoms. The Morgan fingerprint density at radius 3 is 2.85 bits per heavy atom. The summed E-state index contributed by atoms with van der Waals surface area (Å²) in [6.07, 6.45) is 1.88. The van der Waals surface area contributed by atoms with Gasteiger partial charge in [0, 0.05) is 18.3 Å². The van der Waals surface area contributed by atoms with Gasteiger partial charge in [0.25, 0.3) is 0 Å². The van der Waals surface area contributed by atoms with Gasteiger partial charge in [-0.2, -0.15) is 0 Å². The molecule has 1 aromatic carbocycles. The number of rotatable bonds is 6. The summed E-state index contributed by atoms with van der Waals surface area (Å²) in [6, 6.07) is 5.15. The van der Waals surface area contributed by atoms with Gasteiger partial charge < -0.3 is 5.32 Å².